The number of benzene rings is 1. The van der Waals surface area contributed by atoms with Gasteiger partial charge in [-0.05, 0) is 74.3 Å². The third kappa shape index (κ3) is 4.41. The van der Waals surface area contributed by atoms with Crippen LogP contribution in [0, 0.1) is 17.8 Å². The van der Waals surface area contributed by atoms with E-state index >= 15 is 0 Å². The molecule has 0 aliphatic heterocycles. The monoisotopic (exact) mass is 366 g/mol. The van der Waals surface area contributed by atoms with E-state index in [0.717, 1.165) is 11.8 Å². The molecule has 2 aromatic rings. The van der Waals surface area contributed by atoms with E-state index in [1.54, 1.807) is 36.5 Å². The van der Waals surface area contributed by atoms with Gasteiger partial charge in [0.2, 0.25) is 5.88 Å². The molecular weight excluding hydrogens is 340 g/mol. The maximum Gasteiger partial charge on any atom is 0.258 e. The number of carbonyl (C=O) groups is 1. The lowest BCUT2D eigenvalue weighted by Gasteiger charge is -2.28. The molecule has 0 radical (unpaired) electrons. The van der Waals surface area contributed by atoms with Crippen LogP contribution >= 0.6 is 0 Å². The SMILES string of the molecule is C[C@H](NC(=O)COc1ccc(Oc2ccccn2)cc1)[C@H]1C[C@H]2CC[C@H]1C2. The number of pyridine rings is 1. The van der Waals surface area contributed by atoms with Crippen LogP contribution in [0.1, 0.15) is 32.6 Å². The van der Waals surface area contributed by atoms with Crippen LogP contribution in [0.3, 0.4) is 0 Å². The van der Waals surface area contributed by atoms with Crippen LogP contribution < -0.4 is 14.8 Å². The van der Waals surface area contributed by atoms with Crippen LogP contribution in [0.25, 0.3) is 0 Å². The maximum absolute atomic E-state index is 12.2. The third-order valence-electron chi connectivity index (χ3n) is 5.88. The van der Waals surface area contributed by atoms with E-state index < -0.39 is 0 Å². The third-order valence-corrected chi connectivity index (χ3v) is 5.88. The van der Waals surface area contributed by atoms with Crippen molar-refractivity contribution >= 4 is 5.91 Å². The first-order valence-corrected chi connectivity index (χ1v) is 9.78. The summed E-state index contributed by atoms with van der Waals surface area (Å²) in [4.78, 5) is 16.4. The van der Waals surface area contributed by atoms with Gasteiger partial charge in [-0.25, -0.2) is 4.98 Å². The molecule has 2 bridgehead atoms. The van der Waals surface area contributed by atoms with Crippen molar-refractivity contribution in [3.05, 3.63) is 48.7 Å². The number of aromatic nitrogens is 1. The normalized spacial score (nSPS) is 24.4. The first-order chi connectivity index (χ1) is 13.2. The molecule has 5 heteroatoms. The highest BCUT2D eigenvalue weighted by atomic mass is 16.5. The van der Waals surface area contributed by atoms with Crippen LogP contribution in [0.15, 0.2) is 48.7 Å². The summed E-state index contributed by atoms with van der Waals surface area (Å²) in [6.45, 7) is 2.17. The minimum atomic E-state index is -0.0564. The van der Waals surface area contributed by atoms with E-state index in [9.17, 15) is 4.79 Å². The Labute approximate surface area is 160 Å². The average molecular weight is 366 g/mol. The van der Waals surface area contributed by atoms with E-state index in [0.29, 0.717) is 23.3 Å². The van der Waals surface area contributed by atoms with Crippen molar-refractivity contribution in [1.29, 1.82) is 0 Å². The van der Waals surface area contributed by atoms with E-state index in [1.807, 2.05) is 12.1 Å². The van der Waals surface area contributed by atoms with Gasteiger partial charge in [0.15, 0.2) is 6.61 Å². The second kappa shape index (κ2) is 7.99. The van der Waals surface area contributed by atoms with Crippen LogP contribution in [-0.2, 0) is 4.79 Å². The van der Waals surface area contributed by atoms with Crippen LogP contribution in [0.5, 0.6) is 17.4 Å². The number of hydrogen-bond donors (Lipinski definition) is 1. The quantitative estimate of drug-likeness (QED) is 0.798. The molecule has 1 heterocycles. The lowest BCUT2D eigenvalue weighted by Crippen LogP contribution is -2.42. The Bertz CT molecular complexity index is 763. The van der Waals surface area contributed by atoms with Gasteiger partial charge in [-0.1, -0.05) is 12.5 Å². The molecule has 142 valence electrons. The van der Waals surface area contributed by atoms with Crippen LogP contribution in [0.2, 0.25) is 0 Å². The number of ether oxygens (including phenoxy) is 2. The van der Waals surface area contributed by atoms with Crippen molar-refractivity contribution in [1.82, 2.24) is 10.3 Å². The molecule has 2 fully saturated rings. The summed E-state index contributed by atoms with van der Waals surface area (Å²) in [5, 5.41) is 3.12. The average Bonchev–Trinajstić information content (AvgIpc) is 3.32. The van der Waals surface area contributed by atoms with Gasteiger partial charge < -0.3 is 14.8 Å². The Morgan fingerprint density at radius 3 is 2.63 bits per heavy atom. The first-order valence-electron chi connectivity index (χ1n) is 9.78. The topological polar surface area (TPSA) is 60.5 Å². The minimum Gasteiger partial charge on any atom is -0.484 e. The number of nitrogens with zero attached hydrogens (tertiary/aromatic N) is 1. The number of nitrogens with one attached hydrogen (secondary N) is 1. The molecule has 2 aliphatic rings. The standard InChI is InChI=1S/C22H26N2O3/c1-15(20-13-16-5-6-17(20)12-16)24-21(25)14-26-18-7-9-19(10-8-18)27-22-4-2-3-11-23-22/h2-4,7-11,15-17,20H,5-6,12-14H2,1H3,(H,24,25)/t15-,16-,17-,20+/m0/s1. The summed E-state index contributed by atoms with van der Waals surface area (Å²) in [7, 11) is 0. The second-order valence-corrected chi connectivity index (χ2v) is 7.73. The van der Waals surface area contributed by atoms with Gasteiger partial charge in [0.05, 0.1) is 0 Å². The van der Waals surface area contributed by atoms with Crippen molar-refractivity contribution < 1.29 is 14.3 Å². The van der Waals surface area contributed by atoms with Crippen molar-refractivity contribution in [2.24, 2.45) is 17.8 Å². The molecule has 2 saturated carbocycles. The van der Waals surface area contributed by atoms with Gasteiger partial charge in [0.25, 0.3) is 5.91 Å². The van der Waals surface area contributed by atoms with Crippen molar-refractivity contribution in [2.75, 3.05) is 6.61 Å². The Morgan fingerprint density at radius 2 is 1.96 bits per heavy atom. The molecule has 0 saturated heterocycles. The molecule has 0 unspecified atom stereocenters. The predicted octanol–water partition coefficient (Wildman–Crippen LogP) is 4.19. The summed E-state index contributed by atoms with van der Waals surface area (Å²) in [5.41, 5.74) is 0. The highest BCUT2D eigenvalue weighted by molar-refractivity contribution is 5.77. The van der Waals surface area contributed by atoms with E-state index in [4.69, 9.17) is 9.47 Å². The van der Waals surface area contributed by atoms with E-state index in [-0.39, 0.29) is 18.6 Å². The Balaban J connectivity index is 1.23. The van der Waals surface area contributed by atoms with Crippen molar-refractivity contribution in [3.63, 3.8) is 0 Å². The summed E-state index contributed by atoms with van der Waals surface area (Å²) in [6, 6.07) is 12.9. The molecule has 1 amide bonds. The van der Waals surface area contributed by atoms with Gasteiger partial charge in [0.1, 0.15) is 11.5 Å². The minimum absolute atomic E-state index is 0.0333. The van der Waals surface area contributed by atoms with Gasteiger partial charge >= 0.3 is 0 Å². The number of carbonyl (C=O) groups excluding carboxylic acids is 1. The van der Waals surface area contributed by atoms with Crippen molar-refractivity contribution in [3.8, 4) is 17.4 Å². The number of rotatable bonds is 7. The van der Waals surface area contributed by atoms with E-state index in [2.05, 4.69) is 17.2 Å². The summed E-state index contributed by atoms with van der Waals surface area (Å²) in [6.07, 6.45) is 7.02. The molecule has 1 aromatic carbocycles. The van der Waals surface area contributed by atoms with E-state index in [1.165, 1.54) is 25.7 Å². The molecule has 5 nitrogen and oxygen atoms in total. The lowest BCUT2D eigenvalue weighted by atomic mass is 9.84. The number of amides is 1. The molecular formula is C22H26N2O3. The number of fused-ring (bicyclic) bond motifs is 2. The Hall–Kier alpha value is -2.56. The zero-order chi connectivity index (χ0) is 18.6. The number of hydrogen-bond acceptors (Lipinski definition) is 4. The molecule has 27 heavy (non-hydrogen) atoms. The fraction of sp³-hybridized carbons (Fsp3) is 0.455. The molecule has 1 aromatic heterocycles. The maximum atomic E-state index is 12.2. The molecule has 0 spiro atoms. The van der Waals surface area contributed by atoms with Gasteiger partial charge in [-0.15, -0.1) is 0 Å². The summed E-state index contributed by atoms with van der Waals surface area (Å²) in [5.74, 6) is 4.14. The summed E-state index contributed by atoms with van der Waals surface area (Å²) >= 11 is 0. The summed E-state index contributed by atoms with van der Waals surface area (Å²) < 4.78 is 11.3. The second-order valence-electron chi connectivity index (χ2n) is 7.73. The fourth-order valence-corrected chi connectivity index (χ4v) is 4.59. The molecule has 4 atom stereocenters. The molecule has 2 aliphatic carbocycles. The highest BCUT2D eigenvalue weighted by Crippen LogP contribution is 2.49. The molecule has 1 N–H and O–H groups in total. The predicted molar refractivity (Wildman–Crippen MR) is 103 cm³/mol. The Kier molecular flexibility index (Phi) is 5.28. The largest absolute Gasteiger partial charge is 0.484 e. The smallest absolute Gasteiger partial charge is 0.258 e. The van der Waals surface area contributed by atoms with Gasteiger partial charge in [-0.3, -0.25) is 4.79 Å². The van der Waals surface area contributed by atoms with Crippen molar-refractivity contribution in [2.45, 2.75) is 38.6 Å². The van der Waals surface area contributed by atoms with Crippen LogP contribution in [0.4, 0.5) is 0 Å². The highest BCUT2D eigenvalue weighted by Gasteiger charge is 2.42. The first kappa shape index (κ1) is 17.8. The van der Waals surface area contributed by atoms with Crippen LogP contribution in [-0.4, -0.2) is 23.5 Å². The van der Waals surface area contributed by atoms with Gasteiger partial charge in [-0.2, -0.15) is 0 Å². The Morgan fingerprint density at radius 1 is 1.15 bits per heavy atom. The lowest BCUT2D eigenvalue weighted by molar-refractivity contribution is -0.124. The zero-order valence-electron chi connectivity index (χ0n) is 15.6. The fourth-order valence-electron chi connectivity index (χ4n) is 4.59. The molecule has 4 rings (SSSR count). The zero-order valence-corrected chi connectivity index (χ0v) is 15.6. The van der Waals surface area contributed by atoms with Gasteiger partial charge in [0, 0.05) is 18.3 Å².